The minimum Gasteiger partial charge on any atom is -0.477 e. The number of carboxylic acids is 1. The number of carbonyl (C=O) groups is 3. The van der Waals surface area contributed by atoms with E-state index in [1.165, 1.54) is 6.92 Å². The maximum Gasteiger partial charge on any atom is 0.352 e. The number of esters is 1. The first-order valence-electron chi connectivity index (χ1n) is 6.23. The van der Waals surface area contributed by atoms with Gasteiger partial charge in [0.2, 0.25) is 0 Å². The molecule has 0 aromatic rings. The fraction of sp³-hybridized carbons (Fsp3) is 0.545. The lowest BCUT2D eigenvalue weighted by molar-refractivity contribution is -0.153. The maximum absolute atomic E-state index is 12.0. The highest BCUT2D eigenvalue weighted by atomic mass is 32.2. The SMILES string of the molecule is CC(=O)OC(C1=C(C(=O)O)N2C(=O)C(C)(N)[C@H]2SC1)S(=O)(=O)O. The number of β-lactam (4-membered cyclic amide) rings is 1. The van der Waals surface area contributed by atoms with Crippen LogP contribution in [0, 0.1) is 0 Å². The first-order valence-corrected chi connectivity index (χ1v) is 8.78. The van der Waals surface area contributed by atoms with Crippen molar-refractivity contribution in [3.8, 4) is 0 Å². The van der Waals surface area contributed by atoms with E-state index in [4.69, 9.17) is 5.73 Å². The molecule has 0 radical (unpaired) electrons. The zero-order valence-corrected chi connectivity index (χ0v) is 13.7. The van der Waals surface area contributed by atoms with E-state index in [-0.39, 0.29) is 5.75 Å². The molecule has 3 atom stereocenters. The highest BCUT2D eigenvalue weighted by Gasteiger charge is 2.60. The summed E-state index contributed by atoms with van der Waals surface area (Å²) in [6, 6.07) is 0. The fourth-order valence-electron chi connectivity index (χ4n) is 2.41. The van der Waals surface area contributed by atoms with Gasteiger partial charge in [0, 0.05) is 18.2 Å². The predicted molar refractivity (Wildman–Crippen MR) is 77.4 cm³/mol. The Morgan fingerprint density at radius 1 is 1.52 bits per heavy atom. The lowest BCUT2D eigenvalue weighted by atomic mass is 9.90. The lowest BCUT2D eigenvalue weighted by Crippen LogP contribution is -2.76. The molecule has 2 aliphatic rings. The third-order valence-electron chi connectivity index (χ3n) is 3.40. The number of carbonyl (C=O) groups excluding carboxylic acids is 2. The molecular formula is C11H14N2O8S2. The number of nitrogens with two attached hydrogens (primary N) is 1. The Kier molecular flexibility index (Phi) is 4.22. The van der Waals surface area contributed by atoms with Crippen LogP contribution in [-0.2, 0) is 29.2 Å². The van der Waals surface area contributed by atoms with Crippen LogP contribution in [-0.4, -0.2) is 62.9 Å². The number of hydrogen-bond donors (Lipinski definition) is 3. The molecule has 2 rings (SSSR count). The summed E-state index contributed by atoms with van der Waals surface area (Å²) in [5.41, 5.74) is 1.26. The summed E-state index contributed by atoms with van der Waals surface area (Å²) in [6.45, 7) is 2.34. The molecule has 12 heteroatoms. The molecule has 0 aromatic carbocycles. The van der Waals surface area contributed by atoms with Gasteiger partial charge in [-0.05, 0) is 6.92 Å². The number of carboxylic acid groups (broad SMARTS) is 1. The van der Waals surface area contributed by atoms with Crippen LogP contribution in [0.15, 0.2) is 11.3 Å². The molecule has 0 aromatic heterocycles. The number of thioether (sulfide) groups is 1. The minimum absolute atomic E-state index is 0.194. The van der Waals surface area contributed by atoms with Crippen molar-refractivity contribution < 1.29 is 37.2 Å². The number of ether oxygens (including phenoxy) is 1. The lowest BCUT2D eigenvalue weighted by Gasteiger charge is -2.54. The number of nitrogens with zero attached hydrogens (tertiary/aromatic N) is 1. The van der Waals surface area contributed by atoms with E-state index in [1.807, 2.05) is 0 Å². The topological polar surface area (TPSA) is 164 Å². The summed E-state index contributed by atoms with van der Waals surface area (Å²) in [7, 11) is -4.94. The molecule has 4 N–H and O–H groups in total. The molecule has 0 bridgehead atoms. The van der Waals surface area contributed by atoms with Crippen molar-refractivity contribution in [2.24, 2.45) is 5.73 Å². The van der Waals surface area contributed by atoms with Crippen LogP contribution in [0.3, 0.4) is 0 Å². The van der Waals surface area contributed by atoms with E-state index in [2.05, 4.69) is 4.74 Å². The first-order chi connectivity index (χ1) is 10.4. The molecule has 0 aliphatic carbocycles. The molecule has 0 saturated carbocycles. The third kappa shape index (κ3) is 2.82. The second-order valence-electron chi connectivity index (χ2n) is 5.26. The van der Waals surface area contributed by atoms with Crippen molar-refractivity contribution in [3.05, 3.63) is 11.3 Å². The van der Waals surface area contributed by atoms with Gasteiger partial charge < -0.3 is 15.6 Å². The largest absolute Gasteiger partial charge is 0.477 e. The molecule has 1 fully saturated rings. The van der Waals surface area contributed by atoms with Crippen molar-refractivity contribution in [3.63, 3.8) is 0 Å². The molecule has 2 aliphatic heterocycles. The summed E-state index contributed by atoms with van der Waals surface area (Å²) < 4.78 is 36.7. The zero-order chi connectivity index (χ0) is 17.7. The highest BCUT2D eigenvalue weighted by molar-refractivity contribution is 8.00. The normalized spacial score (nSPS) is 28.8. The van der Waals surface area contributed by atoms with E-state index >= 15 is 0 Å². The van der Waals surface area contributed by atoms with E-state index in [0.29, 0.717) is 0 Å². The monoisotopic (exact) mass is 366 g/mol. The van der Waals surface area contributed by atoms with Crippen molar-refractivity contribution in [2.75, 3.05) is 5.75 Å². The molecule has 23 heavy (non-hydrogen) atoms. The molecule has 2 unspecified atom stereocenters. The Hall–Kier alpha value is -1.63. The van der Waals surface area contributed by atoms with Crippen LogP contribution in [0.2, 0.25) is 0 Å². The summed E-state index contributed by atoms with van der Waals surface area (Å²) in [5.74, 6) is -3.52. The van der Waals surface area contributed by atoms with E-state index in [0.717, 1.165) is 23.6 Å². The van der Waals surface area contributed by atoms with Gasteiger partial charge in [0.05, 0.1) is 0 Å². The highest BCUT2D eigenvalue weighted by Crippen LogP contribution is 2.45. The quantitative estimate of drug-likeness (QED) is 0.310. The number of fused-ring (bicyclic) bond motifs is 1. The van der Waals surface area contributed by atoms with Crippen LogP contribution in [0.5, 0.6) is 0 Å². The standard InChI is InChI=1S/C11H14N2O8S2/c1-4(14)21-8(23(18,19)20)5-3-22-10-11(2,12)9(17)13(10)6(5)7(15)16/h8,10H,3,12H2,1-2H3,(H,15,16)(H,18,19,20)/t8?,10-,11?/m1/s1. The summed E-state index contributed by atoms with van der Waals surface area (Å²) in [5, 5.41) is 8.66. The van der Waals surface area contributed by atoms with Gasteiger partial charge in [-0.2, -0.15) is 8.42 Å². The van der Waals surface area contributed by atoms with E-state index in [9.17, 15) is 32.5 Å². The van der Waals surface area contributed by atoms with Gasteiger partial charge in [-0.25, -0.2) is 4.79 Å². The van der Waals surface area contributed by atoms with Crippen LogP contribution in [0.25, 0.3) is 0 Å². The zero-order valence-electron chi connectivity index (χ0n) is 12.0. The van der Waals surface area contributed by atoms with Gasteiger partial charge in [-0.1, -0.05) is 0 Å². The number of rotatable bonds is 4. The Morgan fingerprint density at radius 2 is 2.09 bits per heavy atom. The number of hydrogen-bond acceptors (Lipinski definition) is 8. The summed E-state index contributed by atoms with van der Waals surface area (Å²) in [4.78, 5) is 35.5. The summed E-state index contributed by atoms with van der Waals surface area (Å²) in [6.07, 6.45) is 0. The smallest absolute Gasteiger partial charge is 0.352 e. The molecule has 128 valence electrons. The first kappa shape index (κ1) is 17.7. The molecule has 0 spiro atoms. The maximum atomic E-state index is 12.0. The van der Waals surface area contributed by atoms with Gasteiger partial charge in [0.15, 0.2) is 0 Å². The summed E-state index contributed by atoms with van der Waals surface area (Å²) >= 11 is 1.02. The molecular weight excluding hydrogens is 352 g/mol. The average molecular weight is 366 g/mol. The predicted octanol–water partition coefficient (Wildman–Crippen LogP) is -1.27. The Morgan fingerprint density at radius 3 is 2.52 bits per heavy atom. The average Bonchev–Trinajstić information content (AvgIpc) is 2.41. The van der Waals surface area contributed by atoms with Crippen molar-refractivity contribution >= 4 is 39.7 Å². The molecule has 10 nitrogen and oxygen atoms in total. The molecule has 1 saturated heterocycles. The number of aliphatic carboxylic acids is 1. The van der Waals surface area contributed by atoms with Crippen LogP contribution < -0.4 is 5.73 Å². The van der Waals surface area contributed by atoms with Gasteiger partial charge in [-0.3, -0.25) is 19.0 Å². The second kappa shape index (κ2) is 5.47. The van der Waals surface area contributed by atoms with E-state index in [1.54, 1.807) is 0 Å². The van der Waals surface area contributed by atoms with Crippen molar-refractivity contribution in [2.45, 2.75) is 30.2 Å². The molecule has 2 heterocycles. The van der Waals surface area contributed by atoms with Crippen LogP contribution in [0.1, 0.15) is 13.8 Å². The van der Waals surface area contributed by atoms with E-state index < -0.39 is 55.6 Å². The Balaban J connectivity index is 2.58. The van der Waals surface area contributed by atoms with Crippen LogP contribution in [0.4, 0.5) is 0 Å². The van der Waals surface area contributed by atoms with Crippen molar-refractivity contribution in [1.29, 1.82) is 0 Å². The second-order valence-corrected chi connectivity index (χ2v) is 7.78. The van der Waals surface area contributed by atoms with Gasteiger partial charge >= 0.3 is 22.1 Å². The Bertz CT molecular complexity index is 726. The van der Waals surface area contributed by atoms with Crippen molar-refractivity contribution in [1.82, 2.24) is 4.90 Å². The van der Waals surface area contributed by atoms with Gasteiger partial charge in [-0.15, -0.1) is 11.8 Å². The van der Waals surface area contributed by atoms with Gasteiger partial charge in [0.25, 0.3) is 11.3 Å². The number of amides is 1. The Labute approximate surface area is 135 Å². The fourth-order valence-corrected chi connectivity index (χ4v) is 4.75. The van der Waals surface area contributed by atoms with Gasteiger partial charge in [0.1, 0.15) is 16.6 Å². The minimum atomic E-state index is -4.94. The third-order valence-corrected chi connectivity index (χ3v) is 5.82. The molecule has 1 amide bonds. The van der Waals surface area contributed by atoms with Crippen LogP contribution >= 0.6 is 11.8 Å².